The van der Waals surface area contributed by atoms with Gasteiger partial charge in [-0.3, -0.25) is 14.4 Å². The van der Waals surface area contributed by atoms with Crippen LogP contribution in [0.25, 0.3) is 0 Å². The number of hydrogen-bond acceptors (Lipinski definition) is 5. The highest BCUT2D eigenvalue weighted by atomic mass is 19.4. The summed E-state index contributed by atoms with van der Waals surface area (Å²) in [5.74, 6) is -4.60. The maximum atomic E-state index is 14.2. The van der Waals surface area contributed by atoms with Crippen LogP contribution < -0.4 is 15.5 Å². The SMILES string of the molecule is CCC1[C@H]2C[C@H]2C(C)O[C@@H]2Cn3cc(C(=O)N[C@@H](c4ccc(F)cc4F)C(F)(F)F)c(=O)c(OC)c3C(=O)N12. The molecule has 2 unspecified atom stereocenters. The summed E-state index contributed by atoms with van der Waals surface area (Å²) >= 11 is 0. The van der Waals surface area contributed by atoms with Crippen LogP contribution >= 0.6 is 0 Å². The van der Waals surface area contributed by atoms with Crippen LogP contribution in [0, 0.1) is 23.5 Å². The Bertz CT molecular complexity index is 1390. The fourth-order valence-electron chi connectivity index (χ4n) is 5.89. The number of carbonyl (C=O) groups excluding carboxylic acids is 2. The number of aromatic nitrogens is 1. The van der Waals surface area contributed by atoms with Crippen molar-refractivity contribution >= 4 is 11.8 Å². The van der Waals surface area contributed by atoms with Gasteiger partial charge in [0.1, 0.15) is 17.2 Å². The van der Waals surface area contributed by atoms with E-state index in [9.17, 15) is 36.3 Å². The minimum Gasteiger partial charge on any atom is -0.491 e. The summed E-state index contributed by atoms with van der Waals surface area (Å²) in [6.07, 6.45) is -3.49. The molecule has 1 aromatic heterocycles. The molecule has 3 aliphatic rings. The summed E-state index contributed by atoms with van der Waals surface area (Å²) in [5, 5.41) is 1.64. The Balaban J connectivity index is 1.54. The molecule has 5 rings (SSSR count). The number of alkyl halides is 3. The Labute approximate surface area is 219 Å². The second-order valence-electron chi connectivity index (χ2n) is 10.1. The quantitative estimate of drug-likeness (QED) is 0.568. The summed E-state index contributed by atoms with van der Waals surface area (Å²) < 4.78 is 81.7. The van der Waals surface area contributed by atoms with Crippen molar-refractivity contribution in [3.8, 4) is 5.75 Å². The molecule has 2 amide bonds. The molecule has 0 spiro atoms. The van der Waals surface area contributed by atoms with Gasteiger partial charge in [0, 0.05) is 23.9 Å². The second kappa shape index (κ2) is 9.61. The molecule has 13 heteroatoms. The van der Waals surface area contributed by atoms with Gasteiger partial charge in [0.05, 0.1) is 19.8 Å². The molecule has 1 saturated heterocycles. The zero-order valence-corrected chi connectivity index (χ0v) is 21.2. The number of ether oxygens (including phenoxy) is 2. The number of rotatable bonds is 5. The van der Waals surface area contributed by atoms with Gasteiger partial charge in [0.2, 0.25) is 5.43 Å². The Kier molecular flexibility index (Phi) is 6.68. The molecule has 1 N–H and O–H groups in total. The van der Waals surface area contributed by atoms with Gasteiger partial charge < -0.3 is 24.3 Å². The molecule has 3 heterocycles. The third-order valence-corrected chi connectivity index (χ3v) is 7.80. The van der Waals surface area contributed by atoms with Crippen molar-refractivity contribution < 1.29 is 41.0 Å². The smallest absolute Gasteiger partial charge is 0.412 e. The van der Waals surface area contributed by atoms with E-state index in [1.807, 2.05) is 13.8 Å². The minimum atomic E-state index is -5.18. The fraction of sp³-hybridized carbons (Fsp3) is 0.500. The number of fused-ring (bicyclic) bond motifs is 3. The molecule has 1 aromatic carbocycles. The predicted molar refractivity (Wildman–Crippen MR) is 126 cm³/mol. The molecule has 2 aromatic rings. The molecule has 0 bridgehead atoms. The first kappa shape index (κ1) is 27.1. The Morgan fingerprint density at radius 1 is 1.23 bits per heavy atom. The van der Waals surface area contributed by atoms with Crippen molar-refractivity contribution in [3.05, 3.63) is 63.1 Å². The summed E-state index contributed by atoms with van der Waals surface area (Å²) in [6.45, 7) is 3.87. The highest BCUT2D eigenvalue weighted by Gasteiger charge is 2.55. The van der Waals surface area contributed by atoms with Gasteiger partial charge in [-0.25, -0.2) is 8.78 Å². The second-order valence-corrected chi connectivity index (χ2v) is 10.1. The van der Waals surface area contributed by atoms with E-state index in [1.54, 1.807) is 10.2 Å². The molecule has 8 nitrogen and oxygen atoms in total. The molecule has 6 atom stereocenters. The van der Waals surface area contributed by atoms with Crippen LogP contribution in [0.2, 0.25) is 0 Å². The number of pyridine rings is 1. The van der Waals surface area contributed by atoms with Gasteiger partial charge in [0.15, 0.2) is 23.7 Å². The number of benzene rings is 1. The topological polar surface area (TPSA) is 89.9 Å². The number of nitrogens with one attached hydrogen (secondary N) is 1. The molecule has 2 aliphatic heterocycles. The van der Waals surface area contributed by atoms with Gasteiger partial charge in [0.25, 0.3) is 11.8 Å². The normalized spacial score (nSPS) is 26.6. The summed E-state index contributed by atoms with van der Waals surface area (Å²) in [6, 6.07) is -1.56. The van der Waals surface area contributed by atoms with Crippen LogP contribution in [0.4, 0.5) is 22.0 Å². The van der Waals surface area contributed by atoms with E-state index in [4.69, 9.17) is 9.47 Å². The van der Waals surface area contributed by atoms with E-state index in [-0.39, 0.29) is 42.3 Å². The number of hydrogen-bond donors (Lipinski definition) is 1. The van der Waals surface area contributed by atoms with Crippen molar-refractivity contribution in [2.24, 2.45) is 11.8 Å². The zero-order chi connectivity index (χ0) is 28.4. The van der Waals surface area contributed by atoms with Crippen molar-refractivity contribution in [1.29, 1.82) is 0 Å². The van der Waals surface area contributed by atoms with E-state index >= 15 is 0 Å². The van der Waals surface area contributed by atoms with E-state index < -0.39 is 64.2 Å². The maximum absolute atomic E-state index is 14.2. The van der Waals surface area contributed by atoms with Crippen LogP contribution in [0.1, 0.15) is 59.1 Å². The highest BCUT2D eigenvalue weighted by Crippen LogP contribution is 2.51. The van der Waals surface area contributed by atoms with E-state index in [2.05, 4.69) is 0 Å². The molecule has 39 heavy (non-hydrogen) atoms. The van der Waals surface area contributed by atoms with Gasteiger partial charge in [-0.1, -0.05) is 13.0 Å². The van der Waals surface area contributed by atoms with Crippen molar-refractivity contribution in [3.63, 3.8) is 0 Å². The minimum absolute atomic E-state index is 0.00750. The molecule has 1 aliphatic carbocycles. The first-order chi connectivity index (χ1) is 18.4. The van der Waals surface area contributed by atoms with E-state index in [1.165, 1.54) is 4.57 Å². The molecule has 0 radical (unpaired) electrons. The monoisotopic (exact) mass is 555 g/mol. The average Bonchev–Trinajstić information content (AvgIpc) is 3.66. The summed E-state index contributed by atoms with van der Waals surface area (Å²) in [5.41, 5.74) is -3.01. The number of halogens is 5. The highest BCUT2D eigenvalue weighted by molar-refractivity contribution is 5.99. The van der Waals surface area contributed by atoms with Gasteiger partial charge in [-0.05, 0) is 37.7 Å². The fourth-order valence-corrected chi connectivity index (χ4v) is 5.89. The van der Waals surface area contributed by atoms with E-state index in [0.717, 1.165) is 19.7 Å². The molecule has 2 fully saturated rings. The first-order valence-electron chi connectivity index (χ1n) is 12.5. The van der Waals surface area contributed by atoms with Crippen LogP contribution in [-0.4, -0.2) is 52.9 Å². The number of methoxy groups -OCH3 is 1. The number of amides is 2. The standard InChI is InChI=1S/C26H26F5N3O5/c1-4-18-15-8-14(15)11(2)39-19-10-33-9-16(21(35)22(38-3)20(33)25(37)34(18)19)24(36)32-23(26(29,30)31)13-6-5-12(27)7-17(13)28/h5-7,9,11,14-15,18-19,23H,4,8,10H2,1-3H3,(H,32,36)/t11?,14-,15-,18?,19+,23-/m0/s1. The summed E-state index contributed by atoms with van der Waals surface area (Å²) in [4.78, 5) is 41.6. The van der Waals surface area contributed by atoms with Gasteiger partial charge in [-0.15, -0.1) is 0 Å². The molecular weight excluding hydrogens is 529 g/mol. The van der Waals surface area contributed by atoms with Crippen molar-refractivity contribution in [2.75, 3.05) is 7.11 Å². The van der Waals surface area contributed by atoms with Crippen LogP contribution in [-0.2, 0) is 11.3 Å². The lowest BCUT2D eigenvalue weighted by atomic mass is 10.0. The predicted octanol–water partition coefficient (Wildman–Crippen LogP) is 3.78. The molecule has 210 valence electrons. The molecule has 1 saturated carbocycles. The Morgan fingerprint density at radius 3 is 2.56 bits per heavy atom. The van der Waals surface area contributed by atoms with Crippen LogP contribution in [0.5, 0.6) is 5.75 Å². The molecular formula is C26H26F5N3O5. The van der Waals surface area contributed by atoms with Crippen LogP contribution in [0.3, 0.4) is 0 Å². The van der Waals surface area contributed by atoms with Crippen LogP contribution in [0.15, 0.2) is 29.2 Å². The van der Waals surface area contributed by atoms with Gasteiger partial charge in [-0.2, -0.15) is 13.2 Å². The largest absolute Gasteiger partial charge is 0.491 e. The first-order valence-corrected chi connectivity index (χ1v) is 12.5. The third kappa shape index (κ3) is 4.56. The summed E-state index contributed by atoms with van der Waals surface area (Å²) in [7, 11) is 1.11. The number of nitrogens with zero attached hydrogens (tertiary/aromatic N) is 2. The lowest BCUT2D eigenvalue weighted by molar-refractivity contribution is -0.155. The average molecular weight is 556 g/mol. The third-order valence-electron chi connectivity index (χ3n) is 7.80. The number of carbonyl (C=O) groups is 2. The lowest BCUT2D eigenvalue weighted by Crippen LogP contribution is -2.55. The van der Waals surface area contributed by atoms with E-state index in [0.29, 0.717) is 18.6 Å². The van der Waals surface area contributed by atoms with Gasteiger partial charge >= 0.3 is 6.18 Å². The Morgan fingerprint density at radius 2 is 1.95 bits per heavy atom. The van der Waals surface area contributed by atoms with Crippen molar-refractivity contribution in [1.82, 2.24) is 14.8 Å². The zero-order valence-electron chi connectivity index (χ0n) is 21.2. The lowest BCUT2D eigenvalue weighted by Gasteiger charge is -2.41. The maximum Gasteiger partial charge on any atom is 0.412 e. The van der Waals surface area contributed by atoms with Crippen molar-refractivity contribution in [2.45, 2.75) is 63.8 Å². The Hall–Kier alpha value is -3.48.